The zero-order valence-electron chi connectivity index (χ0n) is 17.4. The molecule has 0 N–H and O–H groups in total. The molecule has 2 aromatic carbocycles. The quantitative estimate of drug-likeness (QED) is 0.517. The van der Waals surface area contributed by atoms with E-state index in [0.29, 0.717) is 5.82 Å². The van der Waals surface area contributed by atoms with Crippen LogP contribution in [0.5, 0.6) is 5.75 Å². The predicted octanol–water partition coefficient (Wildman–Crippen LogP) is 4.07. The van der Waals surface area contributed by atoms with E-state index < -0.39 is 0 Å². The third-order valence-corrected chi connectivity index (χ3v) is 5.52. The van der Waals surface area contributed by atoms with Crippen LogP contribution in [-0.4, -0.2) is 38.0 Å². The second-order valence-corrected chi connectivity index (χ2v) is 7.55. The molecule has 5 rings (SSSR count). The first-order chi connectivity index (χ1) is 14.6. The molecule has 1 aliphatic rings. The van der Waals surface area contributed by atoms with Gasteiger partial charge in [-0.05, 0) is 49.6 Å². The van der Waals surface area contributed by atoms with Gasteiger partial charge in [-0.2, -0.15) is 4.98 Å². The first kappa shape index (κ1) is 18.4. The molecule has 2 aromatic heterocycles. The van der Waals surface area contributed by atoms with Crippen LogP contribution in [0.3, 0.4) is 0 Å². The van der Waals surface area contributed by atoms with Gasteiger partial charge in [0.2, 0.25) is 5.95 Å². The average molecular weight is 400 g/mol. The van der Waals surface area contributed by atoms with Gasteiger partial charge in [0.1, 0.15) is 5.75 Å². The van der Waals surface area contributed by atoms with Gasteiger partial charge in [0.15, 0.2) is 5.82 Å². The van der Waals surface area contributed by atoms with Crippen molar-refractivity contribution in [3.63, 3.8) is 0 Å². The minimum atomic E-state index is 0.683. The zero-order valence-corrected chi connectivity index (χ0v) is 17.4. The predicted molar refractivity (Wildman–Crippen MR) is 117 cm³/mol. The molecule has 4 aromatic rings. The number of rotatable bonds is 4. The van der Waals surface area contributed by atoms with Crippen molar-refractivity contribution in [3.05, 3.63) is 66.2 Å². The molecule has 3 heterocycles. The van der Waals surface area contributed by atoms with Crippen LogP contribution in [0, 0.1) is 6.92 Å². The van der Waals surface area contributed by atoms with Crippen LogP contribution in [0.2, 0.25) is 0 Å². The Hall–Kier alpha value is -3.61. The molecule has 0 saturated heterocycles. The molecular formula is C23H24N6O. The third-order valence-electron chi connectivity index (χ3n) is 5.52. The summed E-state index contributed by atoms with van der Waals surface area (Å²) < 4.78 is 9.47. The summed E-state index contributed by atoms with van der Waals surface area (Å²) >= 11 is 0. The Morgan fingerprint density at radius 3 is 2.73 bits per heavy atom. The molecule has 7 heteroatoms. The van der Waals surface area contributed by atoms with Crippen molar-refractivity contribution in [1.29, 1.82) is 0 Å². The highest BCUT2D eigenvalue weighted by atomic mass is 16.5. The smallest absolute Gasteiger partial charge is 0.228 e. The van der Waals surface area contributed by atoms with Crippen molar-refractivity contribution in [2.75, 3.05) is 18.6 Å². The number of ether oxygens (including phenoxy) is 1. The van der Waals surface area contributed by atoms with Crippen molar-refractivity contribution < 1.29 is 4.74 Å². The Morgan fingerprint density at radius 1 is 1.07 bits per heavy atom. The minimum absolute atomic E-state index is 0.683. The van der Waals surface area contributed by atoms with E-state index in [1.165, 1.54) is 11.3 Å². The van der Waals surface area contributed by atoms with Crippen LogP contribution in [-0.2, 0) is 13.5 Å². The number of anilines is 2. The number of hydrogen-bond acceptors (Lipinski definition) is 5. The van der Waals surface area contributed by atoms with Gasteiger partial charge in [-0.1, -0.05) is 18.2 Å². The van der Waals surface area contributed by atoms with E-state index in [1.54, 1.807) is 13.4 Å². The molecule has 0 radical (unpaired) electrons. The Bertz CT molecular complexity index is 1210. The normalized spacial score (nSPS) is 13.4. The Labute approximate surface area is 175 Å². The molecule has 0 saturated carbocycles. The van der Waals surface area contributed by atoms with Gasteiger partial charge in [-0.25, -0.2) is 9.67 Å². The summed E-state index contributed by atoms with van der Waals surface area (Å²) in [5.74, 6) is 2.29. The Morgan fingerprint density at radius 2 is 1.93 bits per heavy atom. The van der Waals surface area contributed by atoms with E-state index in [0.717, 1.165) is 48.0 Å². The van der Waals surface area contributed by atoms with E-state index >= 15 is 0 Å². The fourth-order valence-electron chi connectivity index (χ4n) is 4.06. The molecule has 1 aliphatic heterocycles. The third kappa shape index (κ3) is 3.12. The van der Waals surface area contributed by atoms with E-state index in [1.807, 2.05) is 47.6 Å². The highest BCUT2D eigenvalue weighted by Gasteiger charge is 2.23. The lowest BCUT2D eigenvalue weighted by molar-refractivity contribution is 0.413. The SMILES string of the molecule is COc1cc(-c2nc(N3CCCc4ccccc43)n(C)n2)ccc1-n1cnc(C)c1. The summed E-state index contributed by atoms with van der Waals surface area (Å²) in [6, 6.07) is 14.6. The van der Waals surface area contributed by atoms with Crippen molar-refractivity contribution in [3.8, 4) is 22.8 Å². The monoisotopic (exact) mass is 400 g/mol. The molecule has 0 spiro atoms. The molecule has 152 valence electrons. The molecule has 7 nitrogen and oxygen atoms in total. The number of para-hydroxylation sites is 1. The standard InChI is InChI=1S/C23H24N6O/c1-16-14-28(15-24-16)20-11-10-18(13-21(20)30-3)22-25-23(27(2)26-22)29-12-6-8-17-7-4-5-9-19(17)29/h4-5,7,9-11,13-15H,6,8,12H2,1-3H3. The second-order valence-electron chi connectivity index (χ2n) is 7.55. The molecule has 30 heavy (non-hydrogen) atoms. The molecule has 0 unspecified atom stereocenters. The van der Waals surface area contributed by atoms with Gasteiger partial charge < -0.3 is 14.2 Å². The number of hydrogen-bond donors (Lipinski definition) is 0. The summed E-state index contributed by atoms with van der Waals surface area (Å²) in [5.41, 5.74) is 5.38. The van der Waals surface area contributed by atoms with Crippen LogP contribution in [0.25, 0.3) is 17.1 Å². The molecule has 0 bridgehead atoms. The number of fused-ring (bicyclic) bond motifs is 1. The average Bonchev–Trinajstić information content (AvgIpc) is 3.38. The van der Waals surface area contributed by atoms with Crippen molar-refractivity contribution in [2.24, 2.45) is 7.05 Å². The Balaban J connectivity index is 1.52. The number of aryl methyl sites for hydroxylation is 3. The lowest BCUT2D eigenvalue weighted by Crippen LogP contribution is -2.26. The van der Waals surface area contributed by atoms with Crippen molar-refractivity contribution in [1.82, 2.24) is 24.3 Å². The van der Waals surface area contributed by atoms with E-state index in [2.05, 4.69) is 34.1 Å². The summed E-state index contributed by atoms with van der Waals surface area (Å²) in [6.07, 6.45) is 5.97. The largest absolute Gasteiger partial charge is 0.495 e. The zero-order chi connectivity index (χ0) is 20.7. The number of benzene rings is 2. The van der Waals surface area contributed by atoms with Gasteiger partial charge in [-0.3, -0.25) is 0 Å². The van der Waals surface area contributed by atoms with E-state index in [9.17, 15) is 0 Å². The fourth-order valence-corrected chi connectivity index (χ4v) is 4.06. The first-order valence-corrected chi connectivity index (χ1v) is 10.1. The lowest BCUT2D eigenvalue weighted by atomic mass is 10.0. The Kier molecular flexibility index (Phi) is 4.50. The second kappa shape index (κ2) is 7.33. The van der Waals surface area contributed by atoms with E-state index in [4.69, 9.17) is 14.8 Å². The maximum Gasteiger partial charge on any atom is 0.228 e. The minimum Gasteiger partial charge on any atom is -0.495 e. The molecule has 0 fully saturated rings. The molecular weight excluding hydrogens is 376 g/mol. The molecule has 0 amide bonds. The topological polar surface area (TPSA) is 61.0 Å². The van der Waals surface area contributed by atoms with Crippen LogP contribution < -0.4 is 9.64 Å². The summed E-state index contributed by atoms with van der Waals surface area (Å²) in [7, 11) is 3.62. The van der Waals surface area contributed by atoms with Crippen LogP contribution in [0.15, 0.2) is 55.0 Å². The number of imidazole rings is 1. The summed E-state index contributed by atoms with van der Waals surface area (Å²) in [5, 5.41) is 4.70. The number of nitrogens with zero attached hydrogens (tertiary/aromatic N) is 6. The maximum absolute atomic E-state index is 5.65. The van der Waals surface area contributed by atoms with Crippen LogP contribution >= 0.6 is 0 Å². The number of methoxy groups -OCH3 is 1. The van der Waals surface area contributed by atoms with Crippen molar-refractivity contribution >= 4 is 11.6 Å². The highest BCUT2D eigenvalue weighted by molar-refractivity contribution is 5.67. The highest BCUT2D eigenvalue weighted by Crippen LogP contribution is 2.34. The fraction of sp³-hybridized carbons (Fsp3) is 0.261. The lowest BCUT2D eigenvalue weighted by Gasteiger charge is -2.29. The van der Waals surface area contributed by atoms with Crippen LogP contribution in [0.4, 0.5) is 11.6 Å². The maximum atomic E-state index is 5.65. The van der Waals surface area contributed by atoms with E-state index in [-0.39, 0.29) is 0 Å². The summed E-state index contributed by atoms with van der Waals surface area (Å²) in [4.78, 5) is 11.5. The van der Waals surface area contributed by atoms with Crippen LogP contribution in [0.1, 0.15) is 17.7 Å². The van der Waals surface area contributed by atoms with Gasteiger partial charge in [-0.15, -0.1) is 5.10 Å². The van der Waals surface area contributed by atoms with Gasteiger partial charge in [0.25, 0.3) is 0 Å². The van der Waals surface area contributed by atoms with Gasteiger partial charge in [0.05, 0.1) is 24.8 Å². The number of aromatic nitrogens is 5. The molecule has 0 aliphatic carbocycles. The van der Waals surface area contributed by atoms with Gasteiger partial charge >= 0.3 is 0 Å². The van der Waals surface area contributed by atoms with Crippen molar-refractivity contribution in [2.45, 2.75) is 19.8 Å². The molecule has 0 atom stereocenters. The van der Waals surface area contributed by atoms with Gasteiger partial charge in [0, 0.05) is 31.0 Å². The first-order valence-electron chi connectivity index (χ1n) is 10.1. The summed E-state index contributed by atoms with van der Waals surface area (Å²) in [6.45, 7) is 2.90.